The van der Waals surface area contributed by atoms with Crippen molar-refractivity contribution in [3.05, 3.63) is 17.1 Å². The number of nitrogens with two attached hydrogens (primary N) is 1. The van der Waals surface area contributed by atoms with Gasteiger partial charge in [0.05, 0.1) is 0 Å². The summed E-state index contributed by atoms with van der Waals surface area (Å²) in [7, 11) is 0. The quantitative estimate of drug-likeness (QED) is 0.571. The zero-order valence-electron chi connectivity index (χ0n) is 9.38. The van der Waals surface area contributed by atoms with Crippen LogP contribution in [0, 0.1) is 0 Å². The van der Waals surface area contributed by atoms with Crippen LogP contribution < -0.4 is 11.3 Å². The fraction of sp³-hybridized carbons (Fsp3) is 0.636. The topological polar surface area (TPSA) is 63.8 Å². The number of aryl methyl sites for hydroxylation is 1. The van der Waals surface area contributed by atoms with Crippen LogP contribution in [0.25, 0.3) is 0 Å². The molecule has 0 aromatic carbocycles. The number of anilines is 1. The molecule has 0 unspecified atom stereocenters. The summed E-state index contributed by atoms with van der Waals surface area (Å²) >= 11 is 0. The first-order chi connectivity index (χ1) is 7.22. The maximum absolute atomic E-state index is 5.50. The molecule has 0 saturated carbocycles. The van der Waals surface area contributed by atoms with Crippen LogP contribution in [-0.4, -0.2) is 9.97 Å². The molecular formula is C11H18N4. The molecule has 0 fully saturated rings. The Morgan fingerprint density at radius 2 is 1.93 bits per heavy atom. The summed E-state index contributed by atoms with van der Waals surface area (Å²) in [5.74, 6) is 7.57. The highest BCUT2D eigenvalue weighted by Crippen LogP contribution is 2.26. The Morgan fingerprint density at radius 1 is 1.20 bits per heavy atom. The molecule has 1 heterocycles. The van der Waals surface area contributed by atoms with E-state index in [2.05, 4.69) is 29.2 Å². The molecule has 4 nitrogen and oxygen atoms in total. The molecule has 0 aliphatic heterocycles. The number of hydrogen-bond acceptors (Lipinski definition) is 4. The van der Waals surface area contributed by atoms with Crippen molar-refractivity contribution >= 4 is 5.82 Å². The molecule has 1 aliphatic rings. The first-order valence-corrected chi connectivity index (χ1v) is 5.58. The Balaban J connectivity index is 2.48. The van der Waals surface area contributed by atoms with Crippen LogP contribution in [0.5, 0.6) is 0 Å². The minimum Gasteiger partial charge on any atom is -0.308 e. The second-order valence-corrected chi connectivity index (χ2v) is 4.36. The van der Waals surface area contributed by atoms with Crippen LogP contribution in [0.2, 0.25) is 0 Å². The number of nitrogen functional groups attached to an aromatic ring is 1. The molecule has 1 aromatic rings. The van der Waals surface area contributed by atoms with E-state index >= 15 is 0 Å². The van der Waals surface area contributed by atoms with Crippen LogP contribution in [0.3, 0.4) is 0 Å². The van der Waals surface area contributed by atoms with Crippen LogP contribution in [-0.2, 0) is 12.8 Å². The van der Waals surface area contributed by atoms with Gasteiger partial charge in [0.15, 0.2) is 0 Å². The Morgan fingerprint density at radius 3 is 2.60 bits per heavy atom. The van der Waals surface area contributed by atoms with Crippen molar-refractivity contribution in [1.82, 2.24) is 9.97 Å². The first kappa shape index (κ1) is 10.4. The predicted octanol–water partition coefficient (Wildman–Crippen LogP) is 1.76. The fourth-order valence-corrected chi connectivity index (χ4v) is 1.99. The van der Waals surface area contributed by atoms with Gasteiger partial charge < -0.3 is 5.43 Å². The molecule has 1 aliphatic carbocycles. The van der Waals surface area contributed by atoms with Crippen molar-refractivity contribution in [2.75, 3.05) is 5.43 Å². The third-order valence-electron chi connectivity index (χ3n) is 2.85. The van der Waals surface area contributed by atoms with Gasteiger partial charge in [-0.15, -0.1) is 0 Å². The van der Waals surface area contributed by atoms with Crippen molar-refractivity contribution in [2.24, 2.45) is 5.84 Å². The zero-order chi connectivity index (χ0) is 10.8. The molecule has 0 atom stereocenters. The van der Waals surface area contributed by atoms with E-state index in [-0.39, 0.29) is 0 Å². The summed E-state index contributed by atoms with van der Waals surface area (Å²) in [5.41, 5.74) is 5.10. The number of nitrogens with one attached hydrogen (secondary N) is 1. The third-order valence-corrected chi connectivity index (χ3v) is 2.85. The zero-order valence-corrected chi connectivity index (χ0v) is 9.38. The average Bonchev–Trinajstić information content (AvgIpc) is 2.27. The minimum atomic E-state index is 0.351. The van der Waals surface area contributed by atoms with Gasteiger partial charge in [0.25, 0.3) is 0 Å². The molecule has 0 spiro atoms. The van der Waals surface area contributed by atoms with Gasteiger partial charge in [0, 0.05) is 17.2 Å². The van der Waals surface area contributed by atoms with Gasteiger partial charge in [-0.05, 0) is 25.7 Å². The lowest BCUT2D eigenvalue weighted by molar-refractivity contribution is 0.645. The molecule has 0 saturated heterocycles. The number of fused-ring (bicyclic) bond motifs is 1. The molecule has 0 bridgehead atoms. The predicted molar refractivity (Wildman–Crippen MR) is 60.6 cm³/mol. The van der Waals surface area contributed by atoms with Gasteiger partial charge in [-0.25, -0.2) is 15.8 Å². The number of nitrogens with zero attached hydrogens (tertiary/aromatic N) is 2. The monoisotopic (exact) mass is 206 g/mol. The van der Waals surface area contributed by atoms with E-state index in [1.165, 1.54) is 24.1 Å². The van der Waals surface area contributed by atoms with E-state index in [9.17, 15) is 0 Å². The van der Waals surface area contributed by atoms with E-state index in [0.29, 0.717) is 5.92 Å². The summed E-state index contributed by atoms with van der Waals surface area (Å²) in [6, 6.07) is 0. The summed E-state index contributed by atoms with van der Waals surface area (Å²) in [4.78, 5) is 9.07. The van der Waals surface area contributed by atoms with Crippen LogP contribution >= 0.6 is 0 Å². The van der Waals surface area contributed by atoms with Crippen LogP contribution in [0.4, 0.5) is 5.82 Å². The molecule has 3 N–H and O–H groups in total. The minimum absolute atomic E-state index is 0.351. The van der Waals surface area contributed by atoms with Crippen LogP contribution in [0.15, 0.2) is 0 Å². The van der Waals surface area contributed by atoms with Gasteiger partial charge in [0.2, 0.25) is 0 Å². The highest BCUT2D eigenvalue weighted by Gasteiger charge is 2.18. The molecule has 2 rings (SSSR count). The molecule has 0 radical (unpaired) electrons. The number of hydrazine groups is 1. The normalized spacial score (nSPS) is 15.2. The fourth-order valence-electron chi connectivity index (χ4n) is 1.99. The molecule has 0 amide bonds. The van der Waals surface area contributed by atoms with Crippen molar-refractivity contribution in [3.8, 4) is 0 Å². The Labute approximate surface area is 90.3 Å². The lowest BCUT2D eigenvalue weighted by atomic mass is 9.96. The number of hydrogen-bond donors (Lipinski definition) is 2. The number of aromatic nitrogens is 2. The highest BCUT2D eigenvalue weighted by molar-refractivity contribution is 5.47. The van der Waals surface area contributed by atoms with Crippen molar-refractivity contribution in [2.45, 2.75) is 45.4 Å². The van der Waals surface area contributed by atoms with Crippen molar-refractivity contribution in [3.63, 3.8) is 0 Å². The standard InChI is InChI=1S/C11H18N4/c1-7(2)10-13-9-6-4-3-5-8(9)11(14-10)15-12/h7H,3-6,12H2,1-2H3,(H,13,14,15). The van der Waals surface area contributed by atoms with E-state index in [1.807, 2.05) is 0 Å². The van der Waals surface area contributed by atoms with Gasteiger partial charge >= 0.3 is 0 Å². The smallest absolute Gasteiger partial charge is 0.147 e. The van der Waals surface area contributed by atoms with Gasteiger partial charge in [0.1, 0.15) is 11.6 Å². The van der Waals surface area contributed by atoms with E-state index < -0.39 is 0 Å². The Kier molecular flexibility index (Phi) is 2.86. The van der Waals surface area contributed by atoms with E-state index in [1.54, 1.807) is 0 Å². The molecule has 4 heteroatoms. The van der Waals surface area contributed by atoms with Gasteiger partial charge in [-0.2, -0.15) is 0 Å². The molecule has 15 heavy (non-hydrogen) atoms. The van der Waals surface area contributed by atoms with E-state index in [0.717, 1.165) is 24.5 Å². The largest absolute Gasteiger partial charge is 0.308 e. The molecular weight excluding hydrogens is 188 g/mol. The van der Waals surface area contributed by atoms with Crippen LogP contribution in [0.1, 0.15) is 49.7 Å². The van der Waals surface area contributed by atoms with Gasteiger partial charge in [-0.1, -0.05) is 13.8 Å². The lowest BCUT2D eigenvalue weighted by Gasteiger charge is -2.19. The summed E-state index contributed by atoms with van der Waals surface area (Å²) in [5, 5.41) is 0. The second-order valence-electron chi connectivity index (χ2n) is 4.36. The summed E-state index contributed by atoms with van der Waals surface area (Å²) in [6.45, 7) is 4.20. The summed E-state index contributed by atoms with van der Waals surface area (Å²) < 4.78 is 0. The van der Waals surface area contributed by atoms with Crippen molar-refractivity contribution < 1.29 is 0 Å². The van der Waals surface area contributed by atoms with Gasteiger partial charge in [-0.3, -0.25) is 0 Å². The molecule has 82 valence electrons. The molecule has 1 aromatic heterocycles. The van der Waals surface area contributed by atoms with E-state index in [4.69, 9.17) is 5.84 Å². The van der Waals surface area contributed by atoms with Crippen molar-refractivity contribution in [1.29, 1.82) is 0 Å². The maximum Gasteiger partial charge on any atom is 0.147 e. The third kappa shape index (κ3) is 1.95. The Bertz CT molecular complexity index is 343. The lowest BCUT2D eigenvalue weighted by Crippen LogP contribution is -2.18. The number of rotatable bonds is 2. The summed E-state index contributed by atoms with van der Waals surface area (Å²) in [6.07, 6.45) is 4.55. The Hall–Kier alpha value is -1.16. The highest BCUT2D eigenvalue weighted by atomic mass is 15.3. The average molecular weight is 206 g/mol. The maximum atomic E-state index is 5.50. The second kappa shape index (κ2) is 4.14. The first-order valence-electron chi connectivity index (χ1n) is 5.58. The SMILES string of the molecule is CC(C)c1nc2c(c(NN)n1)CCCC2.